The summed E-state index contributed by atoms with van der Waals surface area (Å²) in [7, 11) is 0. The lowest BCUT2D eigenvalue weighted by molar-refractivity contribution is -0.0130. The molecule has 0 aromatic rings. The molecule has 4 N–H and O–H groups in total. The molecule has 2 atom stereocenters. The van der Waals surface area contributed by atoms with Gasteiger partial charge in [-0.3, -0.25) is 4.90 Å². The second-order valence-electron chi connectivity index (χ2n) is 5.36. The Morgan fingerprint density at radius 1 is 1.44 bits per heavy atom. The van der Waals surface area contributed by atoms with E-state index in [4.69, 9.17) is 10.5 Å². The molecular weight excluding hydrogens is 238 g/mol. The molecule has 0 aromatic carbocycles. The third-order valence-corrected chi connectivity index (χ3v) is 2.92. The molecule has 104 valence electrons. The summed E-state index contributed by atoms with van der Waals surface area (Å²) in [6.07, 6.45) is -1.87. The first-order valence-corrected chi connectivity index (χ1v) is 5.92. The molecule has 1 rings (SSSR count). The second kappa shape index (κ2) is 5.43. The molecule has 1 fully saturated rings. The summed E-state index contributed by atoms with van der Waals surface area (Å²) in [5.74, 6) is 0. The van der Waals surface area contributed by atoms with Crippen LogP contribution in [0.25, 0.3) is 0 Å². The third-order valence-electron chi connectivity index (χ3n) is 2.92. The molecule has 0 aromatic heterocycles. The summed E-state index contributed by atoms with van der Waals surface area (Å²) in [6, 6.07) is -0.378. The first-order chi connectivity index (χ1) is 8.23. The lowest BCUT2D eigenvalue weighted by Crippen LogP contribution is -2.61. The molecule has 2 amide bonds. The normalized spacial score (nSPS) is 24.4. The van der Waals surface area contributed by atoms with Crippen molar-refractivity contribution < 1.29 is 19.4 Å². The predicted octanol–water partition coefficient (Wildman–Crippen LogP) is 0.591. The van der Waals surface area contributed by atoms with Crippen LogP contribution in [0.1, 0.15) is 27.2 Å². The number of nitrogens with zero attached hydrogens (tertiary/aromatic N) is 1. The minimum Gasteiger partial charge on any atom is -0.465 e. The zero-order valence-electron chi connectivity index (χ0n) is 11.0. The molecule has 1 aliphatic rings. The number of carboxylic acid groups (broad SMARTS) is 1. The summed E-state index contributed by atoms with van der Waals surface area (Å²) in [5, 5.41) is 12.4. The number of piperidine rings is 1. The van der Waals surface area contributed by atoms with Crippen molar-refractivity contribution in [2.75, 3.05) is 13.1 Å². The van der Waals surface area contributed by atoms with Crippen molar-refractivity contribution in [2.24, 2.45) is 5.73 Å². The molecule has 0 saturated carbocycles. The average molecular weight is 259 g/mol. The first-order valence-electron chi connectivity index (χ1n) is 5.92. The maximum absolute atomic E-state index is 11.4. The van der Waals surface area contributed by atoms with E-state index in [1.54, 1.807) is 0 Å². The monoisotopic (exact) mass is 259 g/mol. The van der Waals surface area contributed by atoms with Crippen molar-refractivity contribution >= 4 is 12.2 Å². The van der Waals surface area contributed by atoms with E-state index in [1.165, 1.54) is 4.90 Å². The van der Waals surface area contributed by atoms with Crippen LogP contribution in [0.15, 0.2) is 0 Å². The lowest BCUT2D eigenvalue weighted by atomic mass is 9.95. The Morgan fingerprint density at radius 2 is 2.06 bits per heavy atom. The van der Waals surface area contributed by atoms with Gasteiger partial charge in [-0.2, -0.15) is 0 Å². The number of hydrogen-bond donors (Lipinski definition) is 3. The molecule has 1 saturated heterocycles. The molecular formula is C11H21N3O4. The SMILES string of the molecule is CC(C)(C)N(C(=O)O)[C@H]1CCNC[C@H]1OC(N)=O. The smallest absolute Gasteiger partial charge is 0.408 e. The highest BCUT2D eigenvalue weighted by Crippen LogP contribution is 2.24. The quantitative estimate of drug-likeness (QED) is 0.673. The largest absolute Gasteiger partial charge is 0.465 e. The Balaban J connectivity index is 2.92. The Hall–Kier alpha value is -1.50. The number of carbonyl (C=O) groups is 2. The minimum absolute atomic E-state index is 0.378. The fourth-order valence-corrected chi connectivity index (χ4v) is 2.31. The van der Waals surface area contributed by atoms with Gasteiger partial charge in [-0.25, -0.2) is 9.59 Å². The van der Waals surface area contributed by atoms with Gasteiger partial charge in [0.05, 0.1) is 6.04 Å². The van der Waals surface area contributed by atoms with E-state index < -0.39 is 23.8 Å². The summed E-state index contributed by atoms with van der Waals surface area (Å²) >= 11 is 0. The van der Waals surface area contributed by atoms with Crippen LogP contribution in [0.2, 0.25) is 0 Å². The van der Waals surface area contributed by atoms with Gasteiger partial charge in [-0.1, -0.05) is 0 Å². The first kappa shape index (κ1) is 14.6. The fraction of sp³-hybridized carbons (Fsp3) is 0.818. The summed E-state index contributed by atoms with van der Waals surface area (Å²) in [6.45, 7) is 6.52. The Bertz CT molecular complexity index is 327. The van der Waals surface area contributed by atoms with Gasteiger partial charge in [0.2, 0.25) is 0 Å². The van der Waals surface area contributed by atoms with Crippen molar-refractivity contribution in [3.8, 4) is 0 Å². The Labute approximate surface area is 106 Å². The molecule has 18 heavy (non-hydrogen) atoms. The Kier molecular flexibility index (Phi) is 4.39. The second-order valence-corrected chi connectivity index (χ2v) is 5.36. The fourth-order valence-electron chi connectivity index (χ4n) is 2.31. The number of nitrogens with one attached hydrogen (secondary N) is 1. The third kappa shape index (κ3) is 3.49. The van der Waals surface area contributed by atoms with Gasteiger partial charge in [0.25, 0.3) is 0 Å². The van der Waals surface area contributed by atoms with Gasteiger partial charge in [0.1, 0.15) is 6.10 Å². The number of carbonyl (C=O) groups excluding carboxylic acids is 1. The van der Waals surface area contributed by atoms with Crippen LogP contribution in [0.5, 0.6) is 0 Å². The lowest BCUT2D eigenvalue weighted by Gasteiger charge is -2.44. The van der Waals surface area contributed by atoms with E-state index >= 15 is 0 Å². The van der Waals surface area contributed by atoms with E-state index in [0.29, 0.717) is 19.5 Å². The van der Waals surface area contributed by atoms with E-state index in [2.05, 4.69) is 5.32 Å². The summed E-state index contributed by atoms with van der Waals surface area (Å²) in [5.41, 5.74) is 4.45. The maximum Gasteiger partial charge on any atom is 0.408 e. The van der Waals surface area contributed by atoms with E-state index in [-0.39, 0.29) is 6.04 Å². The number of primary amides is 1. The zero-order chi connectivity index (χ0) is 13.9. The van der Waals surface area contributed by atoms with Crippen molar-refractivity contribution in [3.63, 3.8) is 0 Å². The molecule has 0 aliphatic carbocycles. The number of amides is 2. The molecule has 7 heteroatoms. The van der Waals surface area contributed by atoms with E-state index in [1.807, 2.05) is 20.8 Å². The average Bonchev–Trinajstić information content (AvgIpc) is 2.17. The van der Waals surface area contributed by atoms with Crippen LogP contribution < -0.4 is 11.1 Å². The van der Waals surface area contributed by atoms with Gasteiger partial charge in [-0.15, -0.1) is 0 Å². The molecule has 0 unspecified atom stereocenters. The van der Waals surface area contributed by atoms with E-state index in [0.717, 1.165) is 0 Å². The van der Waals surface area contributed by atoms with Crippen LogP contribution in [0.4, 0.5) is 9.59 Å². The van der Waals surface area contributed by atoms with Gasteiger partial charge in [0, 0.05) is 12.1 Å². The maximum atomic E-state index is 11.4. The highest BCUT2D eigenvalue weighted by atomic mass is 16.6. The Morgan fingerprint density at radius 3 is 2.50 bits per heavy atom. The summed E-state index contributed by atoms with van der Waals surface area (Å²) < 4.78 is 5.00. The number of hydrogen-bond acceptors (Lipinski definition) is 4. The number of rotatable bonds is 2. The number of nitrogens with two attached hydrogens (primary N) is 1. The van der Waals surface area contributed by atoms with Crippen molar-refractivity contribution in [1.82, 2.24) is 10.2 Å². The standard InChI is InChI=1S/C11H21N3O4/c1-11(2,3)14(10(16)17)7-4-5-13-6-8(7)18-9(12)15/h7-8,13H,4-6H2,1-3H3,(H2,12,15)(H,16,17)/t7-,8+/m0/s1. The van der Waals surface area contributed by atoms with Crippen LogP contribution in [0.3, 0.4) is 0 Å². The minimum atomic E-state index is -1.02. The molecule has 1 heterocycles. The topological polar surface area (TPSA) is 105 Å². The highest BCUT2D eigenvalue weighted by molar-refractivity contribution is 5.67. The van der Waals surface area contributed by atoms with Crippen LogP contribution in [0, 0.1) is 0 Å². The molecule has 0 radical (unpaired) electrons. The van der Waals surface area contributed by atoms with Gasteiger partial charge >= 0.3 is 12.2 Å². The number of ether oxygens (including phenoxy) is 1. The van der Waals surface area contributed by atoms with Crippen molar-refractivity contribution in [1.29, 1.82) is 0 Å². The van der Waals surface area contributed by atoms with Gasteiger partial charge in [0.15, 0.2) is 0 Å². The molecule has 0 spiro atoms. The van der Waals surface area contributed by atoms with Crippen LogP contribution in [-0.2, 0) is 4.74 Å². The van der Waals surface area contributed by atoms with Crippen LogP contribution >= 0.6 is 0 Å². The summed E-state index contributed by atoms with van der Waals surface area (Å²) in [4.78, 5) is 23.6. The molecule has 7 nitrogen and oxygen atoms in total. The zero-order valence-corrected chi connectivity index (χ0v) is 11.0. The van der Waals surface area contributed by atoms with Crippen molar-refractivity contribution in [2.45, 2.75) is 44.9 Å². The van der Waals surface area contributed by atoms with Gasteiger partial charge in [-0.05, 0) is 33.7 Å². The van der Waals surface area contributed by atoms with E-state index in [9.17, 15) is 14.7 Å². The molecule has 0 bridgehead atoms. The van der Waals surface area contributed by atoms with Crippen molar-refractivity contribution in [3.05, 3.63) is 0 Å². The highest BCUT2D eigenvalue weighted by Gasteiger charge is 2.40. The van der Waals surface area contributed by atoms with Crippen LogP contribution in [-0.4, -0.2) is 53.0 Å². The van der Waals surface area contributed by atoms with Gasteiger partial charge < -0.3 is 20.9 Å². The predicted molar refractivity (Wildman–Crippen MR) is 65.3 cm³/mol. The molecule has 1 aliphatic heterocycles.